The van der Waals surface area contributed by atoms with Gasteiger partial charge in [-0.15, -0.1) is 10.1 Å². The summed E-state index contributed by atoms with van der Waals surface area (Å²) in [5.41, 5.74) is 5.76. The van der Waals surface area contributed by atoms with E-state index in [1.165, 1.54) is 6.92 Å². The van der Waals surface area contributed by atoms with E-state index in [4.69, 9.17) is 14.9 Å². The Hall–Kier alpha value is -2.89. The van der Waals surface area contributed by atoms with Gasteiger partial charge >= 0.3 is 11.8 Å². The molecule has 0 saturated heterocycles. The number of ether oxygens (including phenoxy) is 1. The Labute approximate surface area is 166 Å². The Morgan fingerprint density at radius 3 is 2.62 bits per heavy atom. The van der Waals surface area contributed by atoms with Crippen LogP contribution in [0, 0.1) is 17.0 Å². The lowest BCUT2D eigenvalue weighted by molar-refractivity contribution is -0.757. The molecule has 0 aliphatic carbocycles. The molecule has 12 nitrogen and oxygen atoms in total. The van der Waals surface area contributed by atoms with Crippen molar-refractivity contribution in [2.24, 2.45) is 5.73 Å². The monoisotopic (exact) mass is 417 g/mol. The quantitative estimate of drug-likeness (QED) is 0.181. The highest BCUT2D eigenvalue weighted by Crippen LogP contribution is 2.08. The van der Waals surface area contributed by atoms with Gasteiger partial charge in [0.05, 0.1) is 6.61 Å². The van der Waals surface area contributed by atoms with Crippen LogP contribution in [-0.2, 0) is 25.8 Å². The van der Waals surface area contributed by atoms with E-state index in [9.17, 15) is 24.5 Å². The first kappa shape index (κ1) is 24.1. The Morgan fingerprint density at radius 2 is 1.97 bits per heavy atom. The highest BCUT2D eigenvalue weighted by atomic mass is 16.9. The fourth-order valence-electron chi connectivity index (χ4n) is 2.38. The molecule has 3 N–H and O–H groups in total. The zero-order chi connectivity index (χ0) is 21.6. The summed E-state index contributed by atoms with van der Waals surface area (Å²) < 4.78 is 14.4. The van der Waals surface area contributed by atoms with Crippen LogP contribution < -0.4 is 16.9 Å². The molecule has 0 aliphatic heterocycles. The maximum Gasteiger partial charge on any atom is 0.519 e. The number of hydrogen-bond acceptors (Lipinski definition) is 10. The molecule has 1 heterocycles. The van der Waals surface area contributed by atoms with Gasteiger partial charge in [0.1, 0.15) is 6.04 Å². The van der Waals surface area contributed by atoms with Crippen LogP contribution in [0.15, 0.2) is 13.6 Å². The van der Waals surface area contributed by atoms with Crippen LogP contribution in [0.5, 0.6) is 0 Å². The zero-order valence-corrected chi connectivity index (χ0v) is 16.3. The van der Waals surface area contributed by atoms with Gasteiger partial charge in [-0.1, -0.05) is 6.42 Å². The van der Waals surface area contributed by atoms with Gasteiger partial charge < -0.3 is 29.5 Å². The zero-order valence-electron chi connectivity index (χ0n) is 16.3. The van der Waals surface area contributed by atoms with Crippen molar-refractivity contribution in [3.8, 4) is 0 Å². The van der Waals surface area contributed by atoms with Crippen molar-refractivity contribution >= 4 is 11.9 Å². The Bertz CT molecular complexity index is 713. The van der Waals surface area contributed by atoms with Crippen molar-refractivity contribution in [1.29, 1.82) is 0 Å². The highest BCUT2D eigenvalue weighted by molar-refractivity contribution is 5.76. The molecule has 0 saturated carbocycles. The van der Waals surface area contributed by atoms with Crippen LogP contribution in [0.1, 0.15) is 56.5 Å². The molecule has 1 rings (SSSR count). The smallest absolute Gasteiger partial charge is 0.456 e. The molecule has 29 heavy (non-hydrogen) atoms. The molecule has 0 aromatic carbocycles. The van der Waals surface area contributed by atoms with Gasteiger partial charge in [0, 0.05) is 13.0 Å². The summed E-state index contributed by atoms with van der Waals surface area (Å²) in [5.74, 6) is -1.18. The SMILES string of the molecule is Cc1oc(=O)oc1COC(=O)C(N)CCCCNC(=O)CCCCCO[N+](=O)[O-]. The molecule has 0 aliphatic rings. The second-order valence-electron chi connectivity index (χ2n) is 6.36. The molecule has 12 heteroatoms. The molecule has 164 valence electrons. The van der Waals surface area contributed by atoms with Crippen LogP contribution >= 0.6 is 0 Å². The largest absolute Gasteiger partial charge is 0.519 e. The summed E-state index contributed by atoms with van der Waals surface area (Å²) in [6.07, 6.45) is 3.81. The molecule has 0 bridgehead atoms. The maximum atomic E-state index is 11.8. The Morgan fingerprint density at radius 1 is 1.21 bits per heavy atom. The van der Waals surface area contributed by atoms with Crippen molar-refractivity contribution in [2.45, 2.75) is 64.5 Å². The molecule has 1 atom stereocenters. The van der Waals surface area contributed by atoms with E-state index < -0.39 is 22.9 Å². The van der Waals surface area contributed by atoms with Crippen LogP contribution in [0.3, 0.4) is 0 Å². The van der Waals surface area contributed by atoms with Crippen LogP contribution in [0.2, 0.25) is 0 Å². The summed E-state index contributed by atoms with van der Waals surface area (Å²) in [6.45, 7) is 1.79. The summed E-state index contributed by atoms with van der Waals surface area (Å²) in [5, 5.41) is 11.9. The second-order valence-corrected chi connectivity index (χ2v) is 6.36. The van der Waals surface area contributed by atoms with E-state index >= 15 is 0 Å². The molecule has 1 aromatic heterocycles. The minimum absolute atomic E-state index is 0.0352. The third-order valence-electron chi connectivity index (χ3n) is 3.99. The number of esters is 1. The van der Waals surface area contributed by atoms with Crippen molar-refractivity contribution in [3.05, 3.63) is 32.3 Å². The molecule has 1 unspecified atom stereocenters. The van der Waals surface area contributed by atoms with Gasteiger partial charge in [0.15, 0.2) is 18.1 Å². The fourth-order valence-corrected chi connectivity index (χ4v) is 2.38. The van der Waals surface area contributed by atoms with E-state index in [1.807, 2.05) is 0 Å². The van der Waals surface area contributed by atoms with E-state index in [1.54, 1.807) is 0 Å². The first-order valence-corrected chi connectivity index (χ1v) is 9.35. The molecule has 1 aromatic rings. The average Bonchev–Trinajstić information content (AvgIpc) is 2.98. The van der Waals surface area contributed by atoms with Gasteiger partial charge in [0.25, 0.3) is 5.09 Å². The first-order chi connectivity index (χ1) is 13.8. The van der Waals surface area contributed by atoms with E-state index in [-0.39, 0.29) is 30.6 Å². The van der Waals surface area contributed by atoms with Crippen LogP contribution in [-0.4, -0.2) is 36.2 Å². The number of unbranched alkanes of at least 4 members (excludes halogenated alkanes) is 3. The lowest BCUT2D eigenvalue weighted by atomic mass is 10.1. The molecule has 0 spiro atoms. The molecule has 0 fully saturated rings. The average molecular weight is 417 g/mol. The first-order valence-electron chi connectivity index (χ1n) is 9.35. The van der Waals surface area contributed by atoms with Crippen molar-refractivity contribution in [3.63, 3.8) is 0 Å². The molecular formula is C17H27N3O9. The second kappa shape index (κ2) is 13.3. The Kier molecular flexibility index (Phi) is 11.1. The number of carbonyl (C=O) groups excluding carboxylic acids is 2. The van der Waals surface area contributed by atoms with Crippen LogP contribution in [0.4, 0.5) is 0 Å². The predicted molar refractivity (Wildman–Crippen MR) is 98.0 cm³/mol. The topological polar surface area (TPSA) is 177 Å². The molecular weight excluding hydrogens is 390 g/mol. The van der Waals surface area contributed by atoms with Gasteiger partial charge in [-0.25, -0.2) is 4.79 Å². The standard InChI is InChI=1S/C17H27N3O9/c1-12-14(29-17(23)28-12)11-26-16(22)13(18)7-4-5-9-19-15(21)8-3-2-6-10-27-20(24)25/h13H,2-11,18H2,1H3,(H,19,21). The van der Waals surface area contributed by atoms with E-state index in [0.29, 0.717) is 51.5 Å². The lowest BCUT2D eigenvalue weighted by Crippen LogP contribution is -2.32. The van der Waals surface area contributed by atoms with Gasteiger partial charge in [0.2, 0.25) is 5.91 Å². The molecule has 0 radical (unpaired) electrons. The van der Waals surface area contributed by atoms with Crippen LogP contribution in [0.25, 0.3) is 0 Å². The molecule has 1 amide bonds. The Balaban J connectivity index is 2.03. The summed E-state index contributed by atoms with van der Waals surface area (Å²) >= 11 is 0. The van der Waals surface area contributed by atoms with Gasteiger partial charge in [-0.3, -0.25) is 9.59 Å². The maximum absolute atomic E-state index is 11.8. The van der Waals surface area contributed by atoms with E-state index in [0.717, 1.165) is 0 Å². The number of carbonyl (C=O) groups is 2. The normalized spacial score (nSPS) is 11.7. The lowest BCUT2D eigenvalue weighted by Gasteiger charge is -2.11. The predicted octanol–water partition coefficient (Wildman–Crippen LogP) is 0.967. The minimum atomic E-state index is -0.858. The number of nitrogens with zero attached hydrogens (tertiary/aromatic N) is 1. The third kappa shape index (κ3) is 10.9. The summed E-state index contributed by atoms with van der Waals surface area (Å²) in [7, 11) is 0. The number of nitrogens with one attached hydrogen (secondary N) is 1. The fraction of sp³-hybridized carbons (Fsp3) is 0.706. The van der Waals surface area contributed by atoms with E-state index in [2.05, 4.69) is 14.6 Å². The van der Waals surface area contributed by atoms with Gasteiger partial charge in [-0.2, -0.15) is 0 Å². The summed E-state index contributed by atoms with van der Waals surface area (Å²) in [6, 6.07) is -0.814. The number of aryl methyl sites for hydroxylation is 1. The number of nitrogens with two attached hydrogens (primary N) is 1. The third-order valence-corrected chi connectivity index (χ3v) is 3.99. The number of rotatable bonds is 15. The van der Waals surface area contributed by atoms with Crippen molar-refractivity contribution < 1.29 is 33.1 Å². The van der Waals surface area contributed by atoms with Crippen molar-refractivity contribution in [2.75, 3.05) is 13.2 Å². The van der Waals surface area contributed by atoms with Crippen molar-refractivity contribution in [1.82, 2.24) is 5.32 Å². The number of amides is 1. The summed E-state index contributed by atoms with van der Waals surface area (Å²) in [4.78, 5) is 48.5. The minimum Gasteiger partial charge on any atom is -0.456 e. The highest BCUT2D eigenvalue weighted by Gasteiger charge is 2.17. The number of hydrogen-bond donors (Lipinski definition) is 2. The van der Waals surface area contributed by atoms with Gasteiger partial charge in [-0.05, 0) is 39.0 Å².